The summed E-state index contributed by atoms with van der Waals surface area (Å²) in [6.45, 7) is 1.41. The van der Waals surface area contributed by atoms with E-state index in [2.05, 4.69) is 5.32 Å². The van der Waals surface area contributed by atoms with Gasteiger partial charge in [-0.2, -0.15) is 0 Å². The molecule has 42 valence electrons. The van der Waals surface area contributed by atoms with Crippen LogP contribution in [-0.2, 0) is 0 Å². The van der Waals surface area contributed by atoms with Gasteiger partial charge >= 0.3 is 0 Å². The summed E-state index contributed by atoms with van der Waals surface area (Å²) < 4.78 is 0. The van der Waals surface area contributed by atoms with Gasteiger partial charge < -0.3 is 16.2 Å². The van der Waals surface area contributed by atoms with Gasteiger partial charge in [0, 0.05) is 19.1 Å². The first-order valence-corrected chi connectivity index (χ1v) is 2.45. The van der Waals surface area contributed by atoms with Gasteiger partial charge in [-0.1, -0.05) is 0 Å². The van der Waals surface area contributed by atoms with Gasteiger partial charge in [0.1, 0.15) is 0 Å². The molecule has 1 rings (SSSR count). The Balaban J connectivity index is 2.33. The molecule has 0 amide bonds. The Morgan fingerprint density at radius 3 is 2.43 bits per heavy atom. The van der Waals surface area contributed by atoms with E-state index < -0.39 is 0 Å². The number of β-amino-alcohol motifs (C(OH)–C–C–N with tert-alkyl or cyclic N) is 1. The van der Waals surface area contributed by atoms with Gasteiger partial charge in [-0.25, -0.2) is 0 Å². The fourth-order valence-corrected chi connectivity index (χ4v) is 0.685. The zero-order valence-corrected chi connectivity index (χ0v) is 4.09. The molecule has 4 N–H and O–H groups in total. The van der Waals surface area contributed by atoms with Gasteiger partial charge in [0.05, 0.1) is 6.10 Å². The molecule has 2 atom stereocenters. The summed E-state index contributed by atoms with van der Waals surface area (Å²) in [4.78, 5) is 0. The van der Waals surface area contributed by atoms with Crippen molar-refractivity contribution in [1.82, 2.24) is 5.32 Å². The molecule has 1 aliphatic heterocycles. The van der Waals surface area contributed by atoms with Crippen molar-refractivity contribution in [2.75, 3.05) is 13.1 Å². The highest BCUT2D eigenvalue weighted by molar-refractivity contribution is 4.82. The third kappa shape index (κ3) is 0.907. The Bertz CT molecular complexity index is 58.7. The molecule has 0 aliphatic carbocycles. The molecular weight excluding hydrogens is 92.1 g/mol. The number of nitrogens with two attached hydrogens (primary N) is 1. The SMILES string of the molecule is N[C@@H]1CNC[C@H]1O. The van der Waals surface area contributed by atoms with Crippen molar-refractivity contribution in [2.45, 2.75) is 12.1 Å². The second-order valence-corrected chi connectivity index (χ2v) is 1.89. The van der Waals surface area contributed by atoms with Gasteiger partial charge in [-0.05, 0) is 0 Å². The van der Waals surface area contributed by atoms with Crippen LogP contribution >= 0.6 is 0 Å². The van der Waals surface area contributed by atoms with E-state index in [0.717, 1.165) is 6.54 Å². The lowest BCUT2D eigenvalue weighted by atomic mass is 10.2. The monoisotopic (exact) mass is 102 g/mol. The van der Waals surface area contributed by atoms with Crippen molar-refractivity contribution in [1.29, 1.82) is 0 Å². The summed E-state index contributed by atoms with van der Waals surface area (Å²) in [5, 5.41) is 11.8. The lowest BCUT2D eigenvalue weighted by Gasteiger charge is -2.02. The molecule has 1 aliphatic rings. The largest absolute Gasteiger partial charge is 0.390 e. The predicted octanol–water partition coefficient (Wildman–Crippen LogP) is -1.72. The fraction of sp³-hybridized carbons (Fsp3) is 1.00. The first-order chi connectivity index (χ1) is 3.30. The number of aliphatic hydroxyl groups is 1. The van der Waals surface area contributed by atoms with Crippen LogP contribution in [0.1, 0.15) is 0 Å². The molecule has 1 saturated heterocycles. The highest BCUT2D eigenvalue weighted by atomic mass is 16.3. The van der Waals surface area contributed by atoms with Crippen molar-refractivity contribution in [3.8, 4) is 0 Å². The van der Waals surface area contributed by atoms with Crippen LogP contribution in [0.4, 0.5) is 0 Å². The first kappa shape index (κ1) is 5.03. The minimum Gasteiger partial charge on any atom is -0.390 e. The van der Waals surface area contributed by atoms with Crippen LogP contribution < -0.4 is 11.1 Å². The molecule has 0 unspecified atom stereocenters. The first-order valence-electron chi connectivity index (χ1n) is 2.45. The van der Waals surface area contributed by atoms with Crippen LogP contribution in [0.15, 0.2) is 0 Å². The molecule has 0 aromatic rings. The smallest absolute Gasteiger partial charge is 0.0827 e. The highest BCUT2D eigenvalue weighted by Crippen LogP contribution is 1.93. The Morgan fingerprint density at radius 1 is 1.57 bits per heavy atom. The van der Waals surface area contributed by atoms with E-state index in [0.29, 0.717) is 6.54 Å². The average molecular weight is 102 g/mol. The standard InChI is InChI=1S/C4H10N2O/c5-3-1-6-2-4(3)7/h3-4,6-7H,1-2,5H2/t3-,4-/m1/s1. The van der Waals surface area contributed by atoms with Crippen LogP contribution in [0, 0.1) is 0 Å². The molecule has 0 radical (unpaired) electrons. The maximum atomic E-state index is 8.81. The van der Waals surface area contributed by atoms with Gasteiger partial charge in [-0.15, -0.1) is 0 Å². The van der Waals surface area contributed by atoms with Gasteiger partial charge in [0.2, 0.25) is 0 Å². The molecule has 0 spiro atoms. The van der Waals surface area contributed by atoms with E-state index in [-0.39, 0.29) is 12.1 Å². The fourth-order valence-electron chi connectivity index (χ4n) is 0.685. The topological polar surface area (TPSA) is 58.3 Å². The number of hydrogen-bond acceptors (Lipinski definition) is 3. The van der Waals surface area contributed by atoms with E-state index in [1.165, 1.54) is 0 Å². The number of hydrogen-bond donors (Lipinski definition) is 3. The molecular formula is C4H10N2O. The maximum Gasteiger partial charge on any atom is 0.0827 e. The van der Waals surface area contributed by atoms with Crippen LogP contribution in [0.2, 0.25) is 0 Å². The summed E-state index contributed by atoms with van der Waals surface area (Å²) in [7, 11) is 0. The van der Waals surface area contributed by atoms with E-state index in [1.54, 1.807) is 0 Å². The van der Waals surface area contributed by atoms with Gasteiger partial charge in [0.15, 0.2) is 0 Å². The minimum absolute atomic E-state index is 0.0417. The predicted molar refractivity (Wildman–Crippen MR) is 26.9 cm³/mol. The summed E-state index contributed by atoms with van der Waals surface area (Å²) >= 11 is 0. The van der Waals surface area contributed by atoms with Gasteiger partial charge in [0.25, 0.3) is 0 Å². The molecule has 1 fully saturated rings. The highest BCUT2D eigenvalue weighted by Gasteiger charge is 2.19. The number of rotatable bonds is 0. The average Bonchev–Trinajstić information content (AvgIpc) is 1.91. The van der Waals surface area contributed by atoms with E-state index in [4.69, 9.17) is 10.8 Å². The van der Waals surface area contributed by atoms with Crippen molar-refractivity contribution in [3.05, 3.63) is 0 Å². The zero-order chi connectivity index (χ0) is 5.28. The molecule has 7 heavy (non-hydrogen) atoms. The lowest BCUT2D eigenvalue weighted by Crippen LogP contribution is -2.32. The van der Waals surface area contributed by atoms with E-state index in [9.17, 15) is 0 Å². The lowest BCUT2D eigenvalue weighted by molar-refractivity contribution is 0.179. The van der Waals surface area contributed by atoms with E-state index >= 15 is 0 Å². The summed E-state index contributed by atoms with van der Waals surface area (Å²) in [5.41, 5.74) is 5.37. The number of nitrogens with one attached hydrogen (secondary N) is 1. The number of aliphatic hydroxyl groups excluding tert-OH is 1. The van der Waals surface area contributed by atoms with Crippen molar-refractivity contribution in [3.63, 3.8) is 0 Å². The second kappa shape index (κ2) is 1.78. The third-order valence-corrected chi connectivity index (χ3v) is 1.23. The van der Waals surface area contributed by atoms with Crippen molar-refractivity contribution < 1.29 is 5.11 Å². The summed E-state index contributed by atoms with van der Waals surface area (Å²) in [6.07, 6.45) is -0.319. The molecule has 0 aromatic heterocycles. The zero-order valence-electron chi connectivity index (χ0n) is 4.09. The van der Waals surface area contributed by atoms with Crippen LogP contribution in [0.3, 0.4) is 0 Å². The Kier molecular flexibility index (Phi) is 1.27. The Hall–Kier alpha value is -0.120. The normalized spacial score (nSPS) is 42.0. The summed E-state index contributed by atoms with van der Waals surface area (Å²) in [5.74, 6) is 0. The van der Waals surface area contributed by atoms with Crippen molar-refractivity contribution >= 4 is 0 Å². The second-order valence-electron chi connectivity index (χ2n) is 1.89. The molecule has 0 aromatic carbocycles. The molecule has 3 nitrogen and oxygen atoms in total. The van der Waals surface area contributed by atoms with Crippen LogP contribution in [-0.4, -0.2) is 30.3 Å². The van der Waals surface area contributed by atoms with Crippen LogP contribution in [0.25, 0.3) is 0 Å². The van der Waals surface area contributed by atoms with Crippen LogP contribution in [0.5, 0.6) is 0 Å². The van der Waals surface area contributed by atoms with E-state index in [1.807, 2.05) is 0 Å². The molecule has 3 heteroatoms. The maximum absolute atomic E-state index is 8.81. The Labute approximate surface area is 42.5 Å². The molecule has 0 saturated carbocycles. The van der Waals surface area contributed by atoms with Crippen molar-refractivity contribution in [2.24, 2.45) is 5.73 Å². The minimum atomic E-state index is -0.319. The third-order valence-electron chi connectivity index (χ3n) is 1.23. The Morgan fingerprint density at radius 2 is 2.29 bits per heavy atom. The summed E-state index contributed by atoms with van der Waals surface area (Å²) in [6, 6.07) is -0.0417. The molecule has 1 heterocycles. The quantitative estimate of drug-likeness (QED) is 0.341. The molecule has 0 bridgehead atoms. The van der Waals surface area contributed by atoms with Gasteiger partial charge in [-0.3, -0.25) is 0 Å².